The lowest BCUT2D eigenvalue weighted by atomic mass is 9.88. The van der Waals surface area contributed by atoms with E-state index >= 15 is 0 Å². The van der Waals surface area contributed by atoms with Gasteiger partial charge in [-0.3, -0.25) is 4.79 Å². The maximum atomic E-state index is 12.1. The van der Waals surface area contributed by atoms with Gasteiger partial charge in [-0.2, -0.15) is 0 Å². The maximum absolute atomic E-state index is 12.1. The van der Waals surface area contributed by atoms with Crippen LogP contribution in [0.15, 0.2) is 48.5 Å². The second-order valence-corrected chi connectivity index (χ2v) is 5.37. The highest BCUT2D eigenvalue weighted by atomic mass is 35.5. The first kappa shape index (κ1) is 13.9. The van der Waals surface area contributed by atoms with Gasteiger partial charge >= 0.3 is 0 Å². The first-order chi connectivity index (χ1) is 10.1. The van der Waals surface area contributed by atoms with Gasteiger partial charge in [0.2, 0.25) is 5.91 Å². The number of carbonyl (C=O) groups excluding carboxylic acids is 1. The van der Waals surface area contributed by atoms with Gasteiger partial charge in [-0.1, -0.05) is 29.8 Å². The highest BCUT2D eigenvalue weighted by molar-refractivity contribution is 6.30. The van der Waals surface area contributed by atoms with Crippen molar-refractivity contribution in [1.82, 2.24) is 0 Å². The average Bonchev–Trinajstić information content (AvgIpc) is 2.52. The van der Waals surface area contributed by atoms with Gasteiger partial charge in [0, 0.05) is 16.8 Å². The molecule has 0 aliphatic carbocycles. The molecule has 1 saturated heterocycles. The molecule has 0 unspecified atom stereocenters. The molecule has 5 heteroatoms. The van der Waals surface area contributed by atoms with E-state index in [1.807, 2.05) is 36.4 Å². The van der Waals surface area contributed by atoms with Crippen molar-refractivity contribution in [3.63, 3.8) is 0 Å². The summed E-state index contributed by atoms with van der Waals surface area (Å²) in [6, 6.07) is 14.1. The lowest BCUT2D eigenvalue weighted by Gasteiger charge is -2.45. The predicted octanol–water partition coefficient (Wildman–Crippen LogP) is 2.76. The molecule has 0 aromatic heterocycles. The fourth-order valence-electron chi connectivity index (χ4n) is 2.58. The Balaban J connectivity index is 1.96. The number of hydrogen-bond donors (Lipinski definition) is 1. The average molecular weight is 303 g/mol. The SMILES string of the molecule is COc1cccc(N2C(=O)[C@@H](N)[C@H]2c2ccc(Cl)cc2)c1. The molecule has 0 spiro atoms. The Labute approximate surface area is 128 Å². The molecule has 0 radical (unpaired) electrons. The Morgan fingerprint density at radius 1 is 1.19 bits per heavy atom. The van der Waals surface area contributed by atoms with Crippen LogP contribution >= 0.6 is 11.6 Å². The van der Waals surface area contributed by atoms with Crippen molar-refractivity contribution in [3.8, 4) is 5.75 Å². The number of ether oxygens (including phenoxy) is 1. The van der Waals surface area contributed by atoms with Gasteiger partial charge in [-0.15, -0.1) is 0 Å². The van der Waals surface area contributed by atoms with E-state index in [1.54, 1.807) is 24.1 Å². The minimum Gasteiger partial charge on any atom is -0.497 e. The minimum atomic E-state index is -0.530. The van der Waals surface area contributed by atoms with Crippen molar-refractivity contribution < 1.29 is 9.53 Å². The molecule has 2 atom stereocenters. The summed E-state index contributed by atoms with van der Waals surface area (Å²) in [6.45, 7) is 0. The van der Waals surface area contributed by atoms with Crippen LogP contribution in [-0.4, -0.2) is 19.1 Å². The Hall–Kier alpha value is -2.04. The highest BCUT2D eigenvalue weighted by Gasteiger charge is 2.46. The number of β-lactam (4-membered cyclic amide) rings is 1. The van der Waals surface area contributed by atoms with E-state index in [0.717, 1.165) is 11.3 Å². The fraction of sp³-hybridized carbons (Fsp3) is 0.188. The summed E-state index contributed by atoms with van der Waals surface area (Å²) in [5.41, 5.74) is 7.72. The number of hydrogen-bond acceptors (Lipinski definition) is 3. The van der Waals surface area contributed by atoms with Gasteiger partial charge in [0.1, 0.15) is 11.8 Å². The summed E-state index contributed by atoms with van der Waals surface area (Å²) >= 11 is 5.91. The lowest BCUT2D eigenvalue weighted by molar-refractivity contribution is -0.126. The van der Waals surface area contributed by atoms with Crippen LogP contribution in [0.3, 0.4) is 0 Å². The Kier molecular flexibility index (Phi) is 3.57. The molecule has 0 saturated carbocycles. The number of halogens is 1. The standard InChI is InChI=1S/C16H15ClN2O2/c1-21-13-4-2-3-12(9-13)19-15(14(18)16(19)20)10-5-7-11(17)8-6-10/h2-9,14-15H,18H2,1H3/t14-,15+/m0/s1. The molecular weight excluding hydrogens is 288 g/mol. The van der Waals surface area contributed by atoms with Crippen LogP contribution in [0.1, 0.15) is 11.6 Å². The molecule has 0 bridgehead atoms. The van der Waals surface area contributed by atoms with Crippen LogP contribution in [0.2, 0.25) is 5.02 Å². The third-order valence-corrected chi connectivity index (χ3v) is 3.94. The summed E-state index contributed by atoms with van der Waals surface area (Å²) in [5, 5.41) is 0.658. The van der Waals surface area contributed by atoms with Crippen LogP contribution in [-0.2, 0) is 4.79 Å². The first-order valence-electron chi connectivity index (χ1n) is 6.60. The van der Waals surface area contributed by atoms with E-state index in [4.69, 9.17) is 22.1 Å². The second-order valence-electron chi connectivity index (χ2n) is 4.93. The fourth-order valence-corrected chi connectivity index (χ4v) is 2.70. The third-order valence-electron chi connectivity index (χ3n) is 3.68. The van der Waals surface area contributed by atoms with E-state index in [2.05, 4.69) is 0 Å². The molecule has 2 aromatic carbocycles. The van der Waals surface area contributed by atoms with Crippen molar-refractivity contribution in [2.45, 2.75) is 12.1 Å². The van der Waals surface area contributed by atoms with E-state index < -0.39 is 6.04 Å². The monoisotopic (exact) mass is 302 g/mol. The molecule has 1 amide bonds. The number of anilines is 1. The van der Waals surface area contributed by atoms with E-state index in [9.17, 15) is 4.79 Å². The van der Waals surface area contributed by atoms with Crippen molar-refractivity contribution in [2.24, 2.45) is 5.73 Å². The number of nitrogens with two attached hydrogens (primary N) is 1. The number of benzene rings is 2. The number of methoxy groups -OCH3 is 1. The molecule has 2 N–H and O–H groups in total. The zero-order chi connectivity index (χ0) is 15.0. The molecule has 3 rings (SSSR count). The van der Waals surface area contributed by atoms with Crippen LogP contribution in [0.5, 0.6) is 5.75 Å². The largest absolute Gasteiger partial charge is 0.497 e. The van der Waals surface area contributed by atoms with Crippen LogP contribution in [0, 0.1) is 0 Å². The summed E-state index contributed by atoms with van der Waals surface area (Å²) in [7, 11) is 1.60. The van der Waals surface area contributed by atoms with Crippen molar-refractivity contribution in [1.29, 1.82) is 0 Å². The van der Waals surface area contributed by atoms with Gasteiger partial charge in [0.15, 0.2) is 0 Å². The number of amides is 1. The quantitative estimate of drug-likeness (QED) is 0.887. The van der Waals surface area contributed by atoms with Gasteiger partial charge in [0.05, 0.1) is 13.2 Å². The zero-order valence-corrected chi connectivity index (χ0v) is 12.2. The third kappa shape index (κ3) is 2.37. The summed E-state index contributed by atoms with van der Waals surface area (Å²) in [6.07, 6.45) is 0. The first-order valence-corrected chi connectivity index (χ1v) is 6.98. The molecular formula is C16H15ClN2O2. The molecule has 4 nitrogen and oxygen atoms in total. The van der Waals surface area contributed by atoms with Crippen molar-refractivity contribution in [3.05, 3.63) is 59.1 Å². The van der Waals surface area contributed by atoms with Crippen LogP contribution in [0.4, 0.5) is 5.69 Å². The van der Waals surface area contributed by atoms with Crippen molar-refractivity contribution >= 4 is 23.2 Å². The molecule has 21 heavy (non-hydrogen) atoms. The number of rotatable bonds is 3. The van der Waals surface area contributed by atoms with E-state index in [-0.39, 0.29) is 11.9 Å². The van der Waals surface area contributed by atoms with E-state index in [1.165, 1.54) is 0 Å². The Bertz CT molecular complexity index is 672. The Morgan fingerprint density at radius 3 is 2.57 bits per heavy atom. The highest BCUT2D eigenvalue weighted by Crippen LogP contribution is 2.39. The minimum absolute atomic E-state index is 0.0943. The normalized spacial score (nSPS) is 21.1. The predicted molar refractivity (Wildman–Crippen MR) is 82.6 cm³/mol. The Morgan fingerprint density at radius 2 is 1.90 bits per heavy atom. The van der Waals surface area contributed by atoms with Crippen LogP contribution < -0.4 is 15.4 Å². The topological polar surface area (TPSA) is 55.6 Å². The molecule has 108 valence electrons. The van der Waals surface area contributed by atoms with E-state index in [0.29, 0.717) is 10.8 Å². The molecule has 1 fully saturated rings. The lowest BCUT2D eigenvalue weighted by Crippen LogP contribution is -2.63. The van der Waals surface area contributed by atoms with Crippen molar-refractivity contribution in [2.75, 3.05) is 12.0 Å². The number of carbonyl (C=O) groups is 1. The summed E-state index contributed by atoms with van der Waals surface area (Å²) in [5.74, 6) is 0.610. The van der Waals surface area contributed by atoms with Gasteiger partial charge in [-0.05, 0) is 29.8 Å². The van der Waals surface area contributed by atoms with Gasteiger partial charge < -0.3 is 15.4 Å². The molecule has 1 aliphatic rings. The maximum Gasteiger partial charge on any atom is 0.247 e. The molecule has 1 heterocycles. The van der Waals surface area contributed by atoms with Gasteiger partial charge in [0.25, 0.3) is 0 Å². The zero-order valence-electron chi connectivity index (χ0n) is 11.5. The second kappa shape index (κ2) is 5.39. The summed E-state index contributed by atoms with van der Waals surface area (Å²) < 4.78 is 5.21. The van der Waals surface area contributed by atoms with Gasteiger partial charge in [-0.25, -0.2) is 0 Å². The smallest absolute Gasteiger partial charge is 0.247 e. The summed E-state index contributed by atoms with van der Waals surface area (Å²) in [4.78, 5) is 13.8. The molecule has 2 aromatic rings. The number of nitrogens with zero attached hydrogens (tertiary/aromatic N) is 1. The molecule has 1 aliphatic heterocycles. The van der Waals surface area contributed by atoms with Crippen LogP contribution in [0.25, 0.3) is 0 Å².